The summed E-state index contributed by atoms with van der Waals surface area (Å²) in [5.74, 6) is 0.854. The maximum Gasteiger partial charge on any atom is 0.118 e. The number of hydrogen-bond donors (Lipinski definition) is 1. The van der Waals surface area contributed by atoms with Crippen LogP contribution in [0.2, 0.25) is 0 Å². The largest absolute Gasteiger partial charge is 0.497 e. The lowest BCUT2D eigenvalue weighted by Crippen LogP contribution is -2.06. The molecule has 0 radical (unpaired) electrons. The van der Waals surface area contributed by atoms with Gasteiger partial charge in [0.25, 0.3) is 0 Å². The fraction of sp³-hybridized carbons (Fsp3) is 0.400. The summed E-state index contributed by atoms with van der Waals surface area (Å²) in [6.07, 6.45) is 0.912. The maximum atomic E-state index is 9.29. The van der Waals surface area contributed by atoms with Gasteiger partial charge in [-0.2, -0.15) is 5.10 Å². The molecule has 1 aromatic heterocycles. The van der Waals surface area contributed by atoms with Gasteiger partial charge < -0.3 is 9.84 Å². The number of methoxy groups -OCH3 is 1. The number of nitrogens with zero attached hydrogens (tertiary/aromatic N) is 2. The van der Waals surface area contributed by atoms with Crippen molar-refractivity contribution < 1.29 is 9.84 Å². The number of hydrogen-bond acceptors (Lipinski definition) is 3. The molecule has 0 amide bonds. The lowest BCUT2D eigenvalue weighted by Gasteiger charge is -2.07. The van der Waals surface area contributed by atoms with E-state index in [1.807, 2.05) is 35.9 Å². The molecule has 0 unspecified atom stereocenters. The van der Waals surface area contributed by atoms with Gasteiger partial charge in [0.05, 0.1) is 26.0 Å². The predicted octanol–water partition coefficient (Wildman–Crippen LogP) is 2.30. The van der Waals surface area contributed by atoms with Gasteiger partial charge in [-0.05, 0) is 36.6 Å². The zero-order chi connectivity index (χ0) is 13.8. The normalized spacial score (nSPS) is 10.7. The Morgan fingerprint density at radius 2 is 1.95 bits per heavy atom. The van der Waals surface area contributed by atoms with Gasteiger partial charge in [0.2, 0.25) is 0 Å². The third-order valence-electron chi connectivity index (χ3n) is 3.39. The molecule has 0 saturated carbocycles. The highest BCUT2D eigenvalue weighted by Gasteiger charge is 2.12. The highest BCUT2D eigenvalue weighted by molar-refractivity contribution is 5.29. The van der Waals surface area contributed by atoms with Crippen LogP contribution in [0, 0.1) is 6.92 Å². The second kappa shape index (κ2) is 5.89. The maximum absolute atomic E-state index is 9.29. The molecule has 4 heteroatoms. The van der Waals surface area contributed by atoms with E-state index in [-0.39, 0.29) is 6.61 Å². The number of aromatic nitrogens is 2. The van der Waals surface area contributed by atoms with Crippen LogP contribution in [0.1, 0.15) is 29.4 Å². The van der Waals surface area contributed by atoms with E-state index in [0.717, 1.165) is 23.4 Å². The molecule has 0 spiro atoms. The quantitative estimate of drug-likeness (QED) is 0.897. The van der Waals surface area contributed by atoms with Crippen molar-refractivity contribution in [2.45, 2.75) is 33.4 Å². The Hall–Kier alpha value is -1.81. The topological polar surface area (TPSA) is 47.3 Å². The first-order valence-electron chi connectivity index (χ1n) is 6.48. The summed E-state index contributed by atoms with van der Waals surface area (Å²) in [7, 11) is 1.66. The highest BCUT2D eigenvalue weighted by atomic mass is 16.5. The first-order chi connectivity index (χ1) is 9.19. The molecule has 0 fully saturated rings. The zero-order valence-corrected chi connectivity index (χ0v) is 11.7. The van der Waals surface area contributed by atoms with Crippen LogP contribution in [-0.4, -0.2) is 22.0 Å². The van der Waals surface area contributed by atoms with Crippen molar-refractivity contribution in [3.63, 3.8) is 0 Å². The SMILES string of the molecule is CCc1c(C)c(CO)nn1Cc1ccc(OC)cc1. The van der Waals surface area contributed by atoms with Crippen molar-refractivity contribution in [3.8, 4) is 5.75 Å². The van der Waals surface area contributed by atoms with E-state index < -0.39 is 0 Å². The summed E-state index contributed by atoms with van der Waals surface area (Å²) in [4.78, 5) is 0. The fourth-order valence-corrected chi connectivity index (χ4v) is 2.27. The molecule has 0 saturated heterocycles. The van der Waals surface area contributed by atoms with E-state index in [1.54, 1.807) is 7.11 Å². The molecular formula is C15H20N2O2. The fourth-order valence-electron chi connectivity index (χ4n) is 2.27. The van der Waals surface area contributed by atoms with Gasteiger partial charge in [-0.3, -0.25) is 4.68 Å². The first kappa shape index (κ1) is 13.6. The van der Waals surface area contributed by atoms with Crippen molar-refractivity contribution >= 4 is 0 Å². The summed E-state index contributed by atoms with van der Waals surface area (Å²) in [6.45, 7) is 4.83. The van der Waals surface area contributed by atoms with Gasteiger partial charge in [-0.15, -0.1) is 0 Å². The molecule has 2 aromatic rings. The van der Waals surface area contributed by atoms with Crippen molar-refractivity contribution in [3.05, 3.63) is 46.8 Å². The van der Waals surface area contributed by atoms with Crippen LogP contribution in [0.3, 0.4) is 0 Å². The minimum absolute atomic E-state index is 0.00551. The van der Waals surface area contributed by atoms with Gasteiger partial charge >= 0.3 is 0 Å². The second-order valence-electron chi connectivity index (χ2n) is 4.54. The molecule has 0 aliphatic heterocycles. The Balaban J connectivity index is 2.26. The van der Waals surface area contributed by atoms with Crippen LogP contribution in [0.25, 0.3) is 0 Å². The predicted molar refractivity (Wildman–Crippen MR) is 74.4 cm³/mol. The molecule has 4 nitrogen and oxygen atoms in total. The molecule has 0 aliphatic rings. The van der Waals surface area contributed by atoms with E-state index in [1.165, 1.54) is 11.3 Å². The average Bonchev–Trinajstić information content (AvgIpc) is 2.75. The summed E-state index contributed by atoms with van der Waals surface area (Å²) in [5, 5.41) is 13.8. The minimum atomic E-state index is -0.00551. The smallest absolute Gasteiger partial charge is 0.118 e. The number of aliphatic hydroxyl groups excluding tert-OH is 1. The van der Waals surface area contributed by atoms with Crippen molar-refractivity contribution in [1.29, 1.82) is 0 Å². The monoisotopic (exact) mass is 260 g/mol. The van der Waals surface area contributed by atoms with Crippen LogP contribution in [-0.2, 0) is 19.6 Å². The molecule has 102 valence electrons. The Labute approximate surface area is 113 Å². The Morgan fingerprint density at radius 3 is 2.47 bits per heavy atom. The minimum Gasteiger partial charge on any atom is -0.497 e. The van der Waals surface area contributed by atoms with Gasteiger partial charge in [-0.25, -0.2) is 0 Å². The molecule has 2 rings (SSSR count). The van der Waals surface area contributed by atoms with E-state index in [4.69, 9.17) is 4.74 Å². The standard InChI is InChI=1S/C15H20N2O2/c1-4-15-11(2)14(10-18)16-17(15)9-12-5-7-13(19-3)8-6-12/h5-8,18H,4,9-10H2,1-3H3. The molecule has 0 atom stereocenters. The van der Waals surface area contributed by atoms with E-state index in [2.05, 4.69) is 12.0 Å². The number of aliphatic hydroxyl groups is 1. The third-order valence-corrected chi connectivity index (χ3v) is 3.39. The van der Waals surface area contributed by atoms with Crippen LogP contribution in [0.5, 0.6) is 5.75 Å². The van der Waals surface area contributed by atoms with E-state index >= 15 is 0 Å². The average molecular weight is 260 g/mol. The summed E-state index contributed by atoms with van der Waals surface area (Å²) in [6, 6.07) is 7.97. The molecule has 1 N–H and O–H groups in total. The van der Waals surface area contributed by atoms with Crippen LogP contribution < -0.4 is 4.74 Å². The summed E-state index contributed by atoms with van der Waals surface area (Å²) >= 11 is 0. The number of ether oxygens (including phenoxy) is 1. The number of benzene rings is 1. The first-order valence-corrected chi connectivity index (χ1v) is 6.48. The Morgan fingerprint density at radius 1 is 1.26 bits per heavy atom. The third kappa shape index (κ3) is 2.79. The van der Waals surface area contributed by atoms with Gasteiger partial charge in [0.15, 0.2) is 0 Å². The van der Waals surface area contributed by atoms with Crippen molar-refractivity contribution in [2.24, 2.45) is 0 Å². The Kier molecular flexibility index (Phi) is 4.22. The van der Waals surface area contributed by atoms with Crippen molar-refractivity contribution in [2.75, 3.05) is 7.11 Å². The van der Waals surface area contributed by atoms with Crippen LogP contribution in [0.15, 0.2) is 24.3 Å². The molecule has 0 aliphatic carbocycles. The second-order valence-corrected chi connectivity index (χ2v) is 4.54. The van der Waals surface area contributed by atoms with Crippen molar-refractivity contribution in [1.82, 2.24) is 9.78 Å². The van der Waals surface area contributed by atoms with Crippen LogP contribution in [0.4, 0.5) is 0 Å². The number of rotatable bonds is 5. The molecular weight excluding hydrogens is 240 g/mol. The molecule has 1 aromatic carbocycles. The molecule has 0 bridgehead atoms. The summed E-state index contributed by atoms with van der Waals surface area (Å²) in [5.41, 5.74) is 4.21. The zero-order valence-electron chi connectivity index (χ0n) is 11.7. The van der Waals surface area contributed by atoms with Crippen LogP contribution >= 0.6 is 0 Å². The lowest BCUT2D eigenvalue weighted by molar-refractivity contribution is 0.274. The lowest BCUT2D eigenvalue weighted by atomic mass is 10.1. The summed E-state index contributed by atoms with van der Waals surface area (Å²) < 4.78 is 7.12. The van der Waals surface area contributed by atoms with Gasteiger partial charge in [0, 0.05) is 5.69 Å². The van der Waals surface area contributed by atoms with Gasteiger partial charge in [0.1, 0.15) is 5.75 Å². The molecule has 19 heavy (non-hydrogen) atoms. The van der Waals surface area contributed by atoms with E-state index in [9.17, 15) is 5.11 Å². The molecule has 1 heterocycles. The highest BCUT2D eigenvalue weighted by Crippen LogP contribution is 2.17. The van der Waals surface area contributed by atoms with E-state index in [0.29, 0.717) is 6.54 Å². The Bertz CT molecular complexity index is 544. The van der Waals surface area contributed by atoms with Gasteiger partial charge in [-0.1, -0.05) is 19.1 Å².